The molecular weight excluding hydrogens is 1260 g/mol. The maximum Gasteiger partial charge on any atom is 0.125 e. The number of rotatable bonds is 14. The van der Waals surface area contributed by atoms with Crippen LogP contribution in [0.1, 0.15) is 0 Å². The van der Waals surface area contributed by atoms with E-state index in [-0.39, 0.29) is 23.3 Å². The van der Waals surface area contributed by atoms with Crippen LogP contribution in [0.15, 0.2) is 312 Å². The second-order valence-corrected chi connectivity index (χ2v) is 23.5. The third-order valence-electron chi connectivity index (χ3n) is 16.3. The first-order valence-corrected chi connectivity index (χ1v) is 30.8. The number of anilines is 12. The zero-order chi connectivity index (χ0) is 61.0. The molecule has 2 aromatic heterocycles. The van der Waals surface area contributed by atoms with E-state index in [2.05, 4.69) is 146 Å². The summed E-state index contributed by atoms with van der Waals surface area (Å²) >= 11 is 8.17. The molecule has 0 saturated carbocycles. The molecule has 0 saturated heterocycles. The van der Waals surface area contributed by atoms with E-state index in [1.807, 2.05) is 146 Å². The van der Waals surface area contributed by atoms with Crippen LogP contribution >= 0.6 is 31.9 Å². The van der Waals surface area contributed by atoms with Crippen LogP contribution in [0, 0.1) is 23.3 Å². The quantitative estimate of drug-likeness (QED) is 0.101. The van der Waals surface area contributed by atoms with Crippen molar-refractivity contribution in [2.75, 3.05) is 19.6 Å². The molecule has 12 heteroatoms. The molecule has 0 spiro atoms. The van der Waals surface area contributed by atoms with Gasteiger partial charge in [-0.3, -0.25) is 0 Å². The molecule has 0 aliphatic heterocycles. The average molecular weight is 1310 g/mol. The van der Waals surface area contributed by atoms with Crippen LogP contribution in [0.4, 0.5) is 85.8 Å². The highest BCUT2D eigenvalue weighted by atomic mass is 79.9. The van der Waals surface area contributed by atoms with Crippen molar-refractivity contribution in [1.29, 1.82) is 0 Å². The summed E-state index contributed by atoms with van der Waals surface area (Å²) in [5, 5.41) is 3.63. The van der Waals surface area contributed by atoms with Crippen molar-refractivity contribution in [3.05, 3.63) is 336 Å². The summed E-state index contributed by atoms with van der Waals surface area (Å²) in [5.74, 6) is -1.43. The van der Waals surface area contributed by atoms with E-state index in [0.29, 0.717) is 22.7 Å². The van der Waals surface area contributed by atoms with Crippen LogP contribution in [-0.4, -0.2) is 9.13 Å². The molecule has 0 amide bonds. The predicted octanol–water partition coefficient (Wildman–Crippen LogP) is 23.8. The topological polar surface area (TPSA) is 22.8 Å². The van der Waals surface area contributed by atoms with Gasteiger partial charge < -0.3 is 28.7 Å². The number of hydrogen-bond donors (Lipinski definition) is 0. The predicted molar refractivity (Wildman–Crippen MR) is 369 cm³/mol. The molecule has 13 aromatic carbocycles. The minimum absolute atomic E-state index is 0.356. The molecule has 90 heavy (non-hydrogen) atoms. The van der Waals surface area contributed by atoms with E-state index in [9.17, 15) is 0 Å². The summed E-state index contributed by atoms with van der Waals surface area (Å²) in [7, 11) is 0. The molecular formula is C78H50Br2F4N6. The second kappa shape index (κ2) is 23.5. The van der Waals surface area contributed by atoms with Crippen molar-refractivity contribution in [1.82, 2.24) is 9.13 Å². The van der Waals surface area contributed by atoms with Gasteiger partial charge in [0.2, 0.25) is 0 Å². The van der Waals surface area contributed by atoms with Gasteiger partial charge >= 0.3 is 0 Å². The number of nitrogens with zero attached hydrogens (tertiary/aromatic N) is 6. The van der Waals surface area contributed by atoms with Crippen LogP contribution in [0.2, 0.25) is 0 Å². The molecule has 15 aromatic rings. The van der Waals surface area contributed by atoms with Gasteiger partial charge in [0.25, 0.3) is 0 Å². The minimum Gasteiger partial charge on any atom is -0.310 e. The minimum atomic E-state index is -0.356. The van der Waals surface area contributed by atoms with Crippen molar-refractivity contribution in [3.8, 4) is 11.4 Å². The van der Waals surface area contributed by atoms with Gasteiger partial charge in [-0.05, 0) is 238 Å². The summed E-state index contributed by atoms with van der Waals surface area (Å²) in [6.45, 7) is 0. The Balaban J connectivity index is 0.980. The van der Waals surface area contributed by atoms with Crippen LogP contribution in [0.3, 0.4) is 0 Å². The number of halogens is 6. The Morgan fingerprint density at radius 3 is 0.667 bits per heavy atom. The van der Waals surface area contributed by atoms with Crippen LogP contribution in [0.5, 0.6) is 0 Å². The monoisotopic (exact) mass is 1300 g/mol. The molecule has 15 rings (SSSR count). The smallest absolute Gasteiger partial charge is 0.125 e. The number of para-hydroxylation sites is 4. The van der Waals surface area contributed by atoms with E-state index >= 15 is 17.6 Å². The van der Waals surface area contributed by atoms with Crippen molar-refractivity contribution in [2.24, 2.45) is 0 Å². The van der Waals surface area contributed by atoms with E-state index < -0.39 is 0 Å². The maximum atomic E-state index is 15.3. The molecule has 0 unspecified atom stereocenters. The van der Waals surface area contributed by atoms with Crippen LogP contribution in [-0.2, 0) is 0 Å². The van der Waals surface area contributed by atoms with E-state index in [0.717, 1.165) is 109 Å². The summed E-state index contributed by atoms with van der Waals surface area (Å²) in [6, 6.07) is 95.8. The van der Waals surface area contributed by atoms with Gasteiger partial charge in [-0.2, -0.15) is 0 Å². The lowest BCUT2D eigenvalue weighted by Gasteiger charge is -2.26. The van der Waals surface area contributed by atoms with Gasteiger partial charge in [0.1, 0.15) is 23.3 Å². The standard InChI is InChI=1S/C78H50Br2F4N6/c79-71-49-72(80)78(90-75-39-35-65(87(57-25-9-3-10-26-57)61-31-15-19-53(83)43-61)47-69(75)70-48-66(36-40-76(70)90)88(58-27-11-4-12-28-58)62-32-16-20-54(84)44-62)50-77(71)89-73-37-33-63(85(55-21-5-1-6-22-55)59-29-13-17-51(81)41-59)45-67(73)68-46-64(34-38-74(68)89)86(56-23-7-2-8-24-56)60-30-14-18-52(82)42-60/h1-50H. The van der Waals surface area contributed by atoms with Gasteiger partial charge in [0, 0.05) is 98.7 Å². The molecule has 0 radical (unpaired) electrons. The number of benzene rings is 13. The third kappa shape index (κ3) is 10.3. The van der Waals surface area contributed by atoms with Gasteiger partial charge in [0.05, 0.1) is 33.4 Å². The summed E-state index contributed by atoms with van der Waals surface area (Å²) in [5.41, 5.74) is 14.4. The van der Waals surface area contributed by atoms with Crippen molar-refractivity contribution >= 4 is 144 Å². The average Bonchev–Trinajstić information content (AvgIpc) is 1.59. The Morgan fingerprint density at radius 1 is 0.211 bits per heavy atom. The number of fused-ring (bicyclic) bond motifs is 6. The van der Waals surface area contributed by atoms with Crippen LogP contribution in [0.25, 0.3) is 55.0 Å². The van der Waals surface area contributed by atoms with Gasteiger partial charge in [-0.15, -0.1) is 0 Å². The van der Waals surface area contributed by atoms with Gasteiger partial charge in [-0.25, -0.2) is 17.6 Å². The summed E-state index contributed by atoms with van der Waals surface area (Å²) in [6.07, 6.45) is 0. The molecule has 0 atom stereocenters. The Morgan fingerprint density at radius 2 is 0.433 bits per heavy atom. The largest absolute Gasteiger partial charge is 0.310 e. The lowest BCUT2D eigenvalue weighted by molar-refractivity contribution is 0.627. The summed E-state index contributed by atoms with van der Waals surface area (Å²) < 4.78 is 67.3. The highest BCUT2D eigenvalue weighted by Crippen LogP contribution is 2.48. The van der Waals surface area contributed by atoms with E-state index in [1.54, 1.807) is 48.5 Å². The number of hydrogen-bond acceptors (Lipinski definition) is 4. The van der Waals surface area contributed by atoms with Crippen molar-refractivity contribution in [2.45, 2.75) is 0 Å². The fourth-order valence-corrected chi connectivity index (χ4v) is 13.8. The van der Waals surface area contributed by atoms with E-state index in [1.165, 1.54) is 24.3 Å². The number of aromatic nitrogens is 2. The molecule has 0 aliphatic rings. The SMILES string of the molecule is Fc1cccc(N(c2ccccc2)c2ccc3c(c2)c2cc(N(c4ccccc4)c4cccc(F)c4)ccc2n3-c2cc(-n3c4ccc(N(c5ccccc5)c5cccc(F)c5)cc4c4cc(N(c5ccccc5)c5cccc(F)c5)ccc43)c(Br)cc2Br)c1. The Labute approximate surface area is 533 Å². The Hall–Kier alpha value is -10.7. The summed E-state index contributed by atoms with van der Waals surface area (Å²) in [4.78, 5) is 8.22. The van der Waals surface area contributed by atoms with Gasteiger partial charge in [-0.1, -0.05) is 97.1 Å². The fraction of sp³-hybridized carbons (Fsp3) is 0. The Bertz CT molecular complexity index is 4580. The Kier molecular flexibility index (Phi) is 14.6. The van der Waals surface area contributed by atoms with Crippen molar-refractivity contribution in [3.63, 3.8) is 0 Å². The lowest BCUT2D eigenvalue weighted by atomic mass is 10.1. The first-order valence-electron chi connectivity index (χ1n) is 29.2. The maximum absolute atomic E-state index is 15.3. The molecule has 6 nitrogen and oxygen atoms in total. The highest BCUT2D eigenvalue weighted by Gasteiger charge is 2.26. The lowest BCUT2D eigenvalue weighted by Crippen LogP contribution is -2.10. The highest BCUT2D eigenvalue weighted by molar-refractivity contribution is 9.11. The first-order chi connectivity index (χ1) is 44.1. The zero-order valence-corrected chi connectivity index (χ0v) is 51.0. The second-order valence-electron chi connectivity index (χ2n) is 21.8. The first kappa shape index (κ1) is 55.9. The molecule has 2 heterocycles. The molecule has 0 N–H and O–H groups in total. The normalized spacial score (nSPS) is 11.4. The third-order valence-corrected chi connectivity index (χ3v) is 17.6. The van der Waals surface area contributed by atoms with Crippen molar-refractivity contribution < 1.29 is 17.6 Å². The molecule has 434 valence electrons. The fourth-order valence-electron chi connectivity index (χ4n) is 12.5. The van der Waals surface area contributed by atoms with E-state index in [4.69, 9.17) is 0 Å². The van der Waals surface area contributed by atoms with Gasteiger partial charge in [0.15, 0.2) is 0 Å². The van der Waals surface area contributed by atoms with Crippen LogP contribution < -0.4 is 19.6 Å². The zero-order valence-electron chi connectivity index (χ0n) is 47.8. The molecule has 0 fully saturated rings. The molecule has 0 aliphatic carbocycles. The molecule has 0 bridgehead atoms.